The molecule has 0 spiro atoms. The molecule has 0 aromatic carbocycles. The Balaban J connectivity index is 2.43. The summed E-state index contributed by atoms with van der Waals surface area (Å²) in [5, 5.41) is 14.0. The fourth-order valence-corrected chi connectivity index (χ4v) is 2.39. The number of hydrogen-bond acceptors (Lipinski definition) is 3. The largest absolute Gasteiger partial charge is 0.480 e. The number of nitrogens with one attached hydrogen (secondary N) is 2. The molecule has 114 valence electrons. The number of amides is 3. The van der Waals surface area contributed by atoms with Crippen LogP contribution in [-0.4, -0.2) is 35.1 Å². The number of carboxylic acid groups (broad SMARTS) is 1. The smallest absolute Gasteiger partial charge is 0.326 e. The average Bonchev–Trinajstić information content (AvgIpc) is 2.31. The molecule has 5 N–H and O–H groups in total. The van der Waals surface area contributed by atoms with Crippen LogP contribution in [-0.2, 0) is 9.59 Å². The molecule has 20 heavy (non-hydrogen) atoms. The molecular weight excluding hydrogens is 262 g/mol. The molecule has 1 atom stereocenters. The molecule has 1 aliphatic rings. The summed E-state index contributed by atoms with van der Waals surface area (Å²) in [6.07, 6.45) is 7.09. The van der Waals surface area contributed by atoms with E-state index in [4.69, 9.17) is 10.8 Å². The van der Waals surface area contributed by atoms with Crippen LogP contribution in [0.25, 0.3) is 0 Å². The molecule has 7 heteroatoms. The fraction of sp³-hybridized carbons (Fsp3) is 0.769. The number of rotatable bonds is 5. The number of carbonyl (C=O) groups is 3. The van der Waals surface area contributed by atoms with Crippen LogP contribution in [0.15, 0.2) is 0 Å². The van der Waals surface area contributed by atoms with Gasteiger partial charge in [-0.15, -0.1) is 0 Å². The van der Waals surface area contributed by atoms with E-state index in [1.54, 1.807) is 0 Å². The third-order valence-corrected chi connectivity index (χ3v) is 3.45. The maximum atomic E-state index is 11.8. The van der Waals surface area contributed by atoms with Gasteiger partial charge in [0.25, 0.3) is 0 Å². The third-order valence-electron chi connectivity index (χ3n) is 3.45. The van der Waals surface area contributed by atoms with Crippen LogP contribution in [0.1, 0.15) is 51.4 Å². The van der Waals surface area contributed by atoms with Gasteiger partial charge in [0, 0.05) is 6.04 Å². The van der Waals surface area contributed by atoms with Crippen LogP contribution in [0.4, 0.5) is 4.79 Å². The molecule has 1 rings (SSSR count). The lowest BCUT2D eigenvalue weighted by molar-refractivity contribution is -0.140. The first kappa shape index (κ1) is 16.3. The Bertz CT molecular complexity index is 352. The van der Waals surface area contributed by atoms with Crippen LogP contribution >= 0.6 is 0 Å². The van der Waals surface area contributed by atoms with Gasteiger partial charge in [0.1, 0.15) is 6.04 Å². The van der Waals surface area contributed by atoms with Crippen molar-refractivity contribution in [3.63, 3.8) is 0 Å². The van der Waals surface area contributed by atoms with Gasteiger partial charge in [-0.1, -0.05) is 32.1 Å². The molecule has 0 aromatic rings. The van der Waals surface area contributed by atoms with Crippen LogP contribution in [0.3, 0.4) is 0 Å². The molecule has 0 unspecified atom stereocenters. The number of carbonyl (C=O) groups excluding carboxylic acids is 2. The second kappa shape index (κ2) is 8.39. The minimum absolute atomic E-state index is 0.0679. The lowest BCUT2D eigenvalue weighted by Crippen LogP contribution is -2.50. The van der Waals surface area contributed by atoms with Crippen LogP contribution in [0.2, 0.25) is 0 Å². The zero-order valence-corrected chi connectivity index (χ0v) is 11.6. The van der Waals surface area contributed by atoms with Crippen molar-refractivity contribution in [1.82, 2.24) is 10.6 Å². The van der Waals surface area contributed by atoms with E-state index in [1.165, 1.54) is 19.3 Å². The highest BCUT2D eigenvalue weighted by molar-refractivity contribution is 5.87. The van der Waals surface area contributed by atoms with E-state index in [0.29, 0.717) is 0 Å². The zero-order valence-electron chi connectivity index (χ0n) is 11.6. The summed E-state index contributed by atoms with van der Waals surface area (Å²) in [5.41, 5.74) is 4.96. The van der Waals surface area contributed by atoms with Crippen molar-refractivity contribution < 1.29 is 19.5 Å². The first-order chi connectivity index (χ1) is 9.49. The van der Waals surface area contributed by atoms with Crippen molar-refractivity contribution in [3.05, 3.63) is 0 Å². The Morgan fingerprint density at radius 1 is 1.10 bits per heavy atom. The summed E-state index contributed by atoms with van der Waals surface area (Å²) in [4.78, 5) is 33.4. The summed E-state index contributed by atoms with van der Waals surface area (Å²) < 4.78 is 0. The average molecular weight is 285 g/mol. The third kappa shape index (κ3) is 6.40. The Labute approximate surface area is 118 Å². The maximum absolute atomic E-state index is 11.8. The van der Waals surface area contributed by atoms with Crippen molar-refractivity contribution in [2.75, 3.05) is 0 Å². The monoisotopic (exact) mass is 285 g/mol. The first-order valence-corrected chi connectivity index (χ1v) is 7.07. The molecule has 0 radical (unpaired) electrons. The molecule has 3 amide bonds. The summed E-state index contributed by atoms with van der Waals surface area (Å²) in [6, 6.07) is -1.76. The molecular formula is C13H23N3O4. The normalized spacial score (nSPS) is 18.4. The van der Waals surface area contributed by atoms with E-state index in [9.17, 15) is 14.4 Å². The quantitative estimate of drug-likeness (QED) is 0.594. The highest BCUT2D eigenvalue weighted by atomic mass is 16.4. The van der Waals surface area contributed by atoms with Crippen molar-refractivity contribution in [2.45, 2.75) is 63.5 Å². The van der Waals surface area contributed by atoms with Crippen LogP contribution in [0, 0.1) is 0 Å². The summed E-state index contributed by atoms with van der Waals surface area (Å²) in [5.74, 6) is -2.03. The number of carboxylic acids is 1. The van der Waals surface area contributed by atoms with E-state index < -0.39 is 30.4 Å². The minimum atomic E-state index is -1.28. The molecule has 7 nitrogen and oxygen atoms in total. The van der Waals surface area contributed by atoms with Crippen LogP contribution in [0.5, 0.6) is 0 Å². The minimum Gasteiger partial charge on any atom is -0.480 e. The van der Waals surface area contributed by atoms with E-state index in [0.717, 1.165) is 25.7 Å². The van der Waals surface area contributed by atoms with Gasteiger partial charge in [-0.05, 0) is 12.8 Å². The molecule has 0 heterocycles. The van der Waals surface area contributed by atoms with E-state index in [2.05, 4.69) is 10.6 Å². The molecule has 0 aliphatic heterocycles. The SMILES string of the molecule is NC(=O)C[C@@H](NC(=O)NC1CCCCCCC1)C(=O)O. The van der Waals surface area contributed by atoms with E-state index in [1.807, 2.05) is 0 Å². The fourth-order valence-electron chi connectivity index (χ4n) is 2.39. The summed E-state index contributed by atoms with van der Waals surface area (Å²) >= 11 is 0. The van der Waals surface area contributed by atoms with Gasteiger partial charge in [0.2, 0.25) is 5.91 Å². The molecule has 1 fully saturated rings. The van der Waals surface area contributed by atoms with Gasteiger partial charge < -0.3 is 21.5 Å². The van der Waals surface area contributed by atoms with Crippen molar-refractivity contribution in [2.24, 2.45) is 5.73 Å². The molecule has 0 aromatic heterocycles. The van der Waals surface area contributed by atoms with Crippen molar-refractivity contribution in [3.8, 4) is 0 Å². The number of urea groups is 1. The van der Waals surface area contributed by atoms with Gasteiger partial charge in [0.05, 0.1) is 6.42 Å². The van der Waals surface area contributed by atoms with E-state index in [-0.39, 0.29) is 6.04 Å². The number of hydrogen-bond donors (Lipinski definition) is 4. The molecule has 1 saturated carbocycles. The Morgan fingerprint density at radius 2 is 1.65 bits per heavy atom. The maximum Gasteiger partial charge on any atom is 0.326 e. The lowest BCUT2D eigenvalue weighted by atomic mass is 9.97. The topological polar surface area (TPSA) is 122 Å². The first-order valence-electron chi connectivity index (χ1n) is 7.07. The van der Waals surface area contributed by atoms with E-state index >= 15 is 0 Å². The van der Waals surface area contributed by atoms with Gasteiger partial charge >= 0.3 is 12.0 Å². The molecule has 0 bridgehead atoms. The van der Waals surface area contributed by atoms with Crippen molar-refractivity contribution >= 4 is 17.9 Å². The predicted octanol–water partition coefficient (Wildman–Crippen LogP) is 0.727. The second-order valence-electron chi connectivity index (χ2n) is 5.22. The van der Waals surface area contributed by atoms with Gasteiger partial charge in [0.15, 0.2) is 0 Å². The van der Waals surface area contributed by atoms with Gasteiger partial charge in [-0.2, -0.15) is 0 Å². The van der Waals surface area contributed by atoms with Crippen molar-refractivity contribution in [1.29, 1.82) is 0 Å². The Kier molecular flexibility index (Phi) is 6.83. The second-order valence-corrected chi connectivity index (χ2v) is 5.22. The van der Waals surface area contributed by atoms with Gasteiger partial charge in [-0.25, -0.2) is 9.59 Å². The predicted molar refractivity (Wildman–Crippen MR) is 73.0 cm³/mol. The Morgan fingerprint density at radius 3 is 2.15 bits per heavy atom. The number of aliphatic carboxylic acids is 1. The number of primary amides is 1. The molecule has 1 aliphatic carbocycles. The lowest BCUT2D eigenvalue weighted by Gasteiger charge is -2.22. The zero-order chi connectivity index (χ0) is 15.0. The standard InChI is InChI=1S/C13H23N3O4/c14-11(17)8-10(12(18)19)16-13(20)15-9-6-4-2-1-3-5-7-9/h9-10H,1-8H2,(H2,14,17)(H,18,19)(H2,15,16,20)/t10-/m1/s1. The summed E-state index contributed by atoms with van der Waals surface area (Å²) in [6.45, 7) is 0. The van der Waals surface area contributed by atoms with Gasteiger partial charge in [-0.3, -0.25) is 4.79 Å². The Hall–Kier alpha value is -1.79. The highest BCUT2D eigenvalue weighted by Gasteiger charge is 2.23. The molecule has 0 saturated heterocycles. The summed E-state index contributed by atoms with van der Waals surface area (Å²) in [7, 11) is 0. The van der Waals surface area contributed by atoms with Crippen LogP contribution < -0.4 is 16.4 Å². The highest BCUT2D eigenvalue weighted by Crippen LogP contribution is 2.16. The number of nitrogens with two attached hydrogens (primary N) is 1.